The van der Waals surface area contributed by atoms with Crippen molar-refractivity contribution in [1.29, 1.82) is 0 Å². The molecule has 1 amide bonds. The second-order valence-corrected chi connectivity index (χ2v) is 5.27. The highest BCUT2D eigenvalue weighted by Crippen LogP contribution is 2.19. The van der Waals surface area contributed by atoms with E-state index in [0.717, 1.165) is 6.42 Å². The van der Waals surface area contributed by atoms with Crippen LogP contribution in [0.2, 0.25) is 0 Å². The zero-order valence-electron chi connectivity index (χ0n) is 12.1. The maximum Gasteiger partial charge on any atom is 0.251 e. The molecule has 0 saturated heterocycles. The van der Waals surface area contributed by atoms with Gasteiger partial charge in [-0.2, -0.15) is 0 Å². The van der Waals surface area contributed by atoms with Crippen molar-refractivity contribution in [2.75, 3.05) is 32.6 Å². The number of carbonyl (C=O) groups excluding carboxylic acids is 1. The summed E-state index contributed by atoms with van der Waals surface area (Å²) in [4.78, 5) is 16.1. The van der Waals surface area contributed by atoms with E-state index in [2.05, 4.69) is 29.5 Å². The Bertz CT molecular complexity index is 419. The summed E-state index contributed by atoms with van der Waals surface area (Å²) in [5, 5.41) is 5.86. The van der Waals surface area contributed by atoms with Crippen LogP contribution in [0, 0.1) is 5.41 Å². The molecule has 0 bridgehead atoms. The van der Waals surface area contributed by atoms with Crippen molar-refractivity contribution in [1.82, 2.24) is 10.3 Å². The van der Waals surface area contributed by atoms with E-state index in [1.54, 1.807) is 32.5 Å². The molecule has 0 fully saturated rings. The molecule has 1 heterocycles. The van der Waals surface area contributed by atoms with E-state index in [1.165, 1.54) is 0 Å². The van der Waals surface area contributed by atoms with Crippen LogP contribution in [0.4, 0.5) is 5.82 Å². The largest absolute Gasteiger partial charge is 0.385 e. The van der Waals surface area contributed by atoms with Crippen molar-refractivity contribution in [3.63, 3.8) is 0 Å². The van der Waals surface area contributed by atoms with Gasteiger partial charge in [-0.1, -0.05) is 13.8 Å². The van der Waals surface area contributed by atoms with Gasteiger partial charge in [-0.15, -0.1) is 0 Å². The van der Waals surface area contributed by atoms with Gasteiger partial charge in [0.2, 0.25) is 0 Å². The molecule has 1 aromatic heterocycles. The Kier molecular flexibility index (Phi) is 5.76. The topological polar surface area (TPSA) is 63.2 Å². The lowest BCUT2D eigenvalue weighted by Gasteiger charge is -2.24. The highest BCUT2D eigenvalue weighted by molar-refractivity contribution is 5.94. The molecule has 106 valence electrons. The van der Waals surface area contributed by atoms with Crippen LogP contribution in [0.15, 0.2) is 18.3 Å². The third-order valence-electron chi connectivity index (χ3n) is 2.99. The Hall–Kier alpha value is -1.62. The fourth-order valence-electron chi connectivity index (χ4n) is 1.60. The van der Waals surface area contributed by atoms with E-state index in [1.807, 2.05) is 0 Å². The first kappa shape index (κ1) is 15.4. The van der Waals surface area contributed by atoms with Crippen LogP contribution in [-0.4, -0.2) is 38.2 Å². The molecular weight excluding hydrogens is 242 g/mol. The van der Waals surface area contributed by atoms with Crippen molar-refractivity contribution in [3.05, 3.63) is 23.9 Å². The van der Waals surface area contributed by atoms with Crippen LogP contribution in [0.5, 0.6) is 0 Å². The lowest BCUT2D eigenvalue weighted by Crippen LogP contribution is -2.34. The standard InChI is InChI=1S/C14H23N3O2/c1-14(2,6-8-19-4)10-17-13(18)11-5-7-16-12(9-11)15-3/h5,7,9H,6,8,10H2,1-4H3,(H,15,16)(H,17,18). The van der Waals surface area contributed by atoms with Gasteiger partial charge >= 0.3 is 0 Å². The van der Waals surface area contributed by atoms with Crippen LogP contribution in [0.3, 0.4) is 0 Å². The minimum atomic E-state index is -0.0793. The van der Waals surface area contributed by atoms with Crippen molar-refractivity contribution in [2.24, 2.45) is 5.41 Å². The van der Waals surface area contributed by atoms with Crippen LogP contribution in [-0.2, 0) is 4.74 Å². The molecule has 0 aromatic carbocycles. The Labute approximate surface area is 114 Å². The molecule has 2 N–H and O–H groups in total. The molecule has 19 heavy (non-hydrogen) atoms. The number of rotatable bonds is 7. The lowest BCUT2D eigenvalue weighted by molar-refractivity contribution is 0.0921. The van der Waals surface area contributed by atoms with Gasteiger partial charge in [-0.05, 0) is 24.0 Å². The molecule has 1 rings (SSSR count). The minimum Gasteiger partial charge on any atom is -0.385 e. The van der Waals surface area contributed by atoms with E-state index in [-0.39, 0.29) is 11.3 Å². The number of ether oxygens (including phenoxy) is 1. The first-order chi connectivity index (χ1) is 8.98. The quantitative estimate of drug-likeness (QED) is 0.790. The average molecular weight is 265 g/mol. The van der Waals surface area contributed by atoms with E-state index in [9.17, 15) is 4.79 Å². The Morgan fingerprint density at radius 1 is 1.47 bits per heavy atom. The monoisotopic (exact) mass is 265 g/mol. The third kappa shape index (κ3) is 5.26. The van der Waals surface area contributed by atoms with Crippen molar-refractivity contribution < 1.29 is 9.53 Å². The Morgan fingerprint density at radius 3 is 2.84 bits per heavy atom. The molecule has 0 unspecified atom stereocenters. The van der Waals surface area contributed by atoms with Gasteiger partial charge < -0.3 is 15.4 Å². The van der Waals surface area contributed by atoms with E-state index in [4.69, 9.17) is 4.74 Å². The molecule has 5 nitrogen and oxygen atoms in total. The van der Waals surface area contributed by atoms with Gasteiger partial charge in [0.15, 0.2) is 0 Å². The van der Waals surface area contributed by atoms with Gasteiger partial charge in [0, 0.05) is 39.1 Å². The Balaban J connectivity index is 2.55. The lowest BCUT2D eigenvalue weighted by atomic mass is 9.89. The molecule has 0 radical (unpaired) electrons. The number of nitrogens with zero attached hydrogens (tertiary/aromatic N) is 1. The average Bonchev–Trinajstić information content (AvgIpc) is 2.43. The second kappa shape index (κ2) is 7.09. The normalized spacial score (nSPS) is 11.2. The molecule has 0 saturated carbocycles. The fraction of sp³-hybridized carbons (Fsp3) is 0.571. The number of methoxy groups -OCH3 is 1. The van der Waals surface area contributed by atoms with E-state index < -0.39 is 0 Å². The van der Waals surface area contributed by atoms with Crippen molar-refractivity contribution in [2.45, 2.75) is 20.3 Å². The highest BCUT2D eigenvalue weighted by atomic mass is 16.5. The number of hydrogen-bond acceptors (Lipinski definition) is 4. The van der Waals surface area contributed by atoms with Crippen molar-refractivity contribution in [3.8, 4) is 0 Å². The predicted molar refractivity (Wildman–Crippen MR) is 76.4 cm³/mol. The number of amides is 1. The number of anilines is 1. The van der Waals surface area contributed by atoms with Crippen molar-refractivity contribution >= 4 is 11.7 Å². The maximum atomic E-state index is 12.0. The number of hydrogen-bond donors (Lipinski definition) is 2. The van der Waals surface area contributed by atoms with Crippen LogP contribution in [0.1, 0.15) is 30.6 Å². The zero-order chi connectivity index (χ0) is 14.3. The number of nitrogens with one attached hydrogen (secondary N) is 2. The number of pyridine rings is 1. The predicted octanol–water partition coefficient (Wildman–Crippen LogP) is 1.92. The summed E-state index contributed by atoms with van der Waals surface area (Å²) in [6.07, 6.45) is 2.53. The second-order valence-electron chi connectivity index (χ2n) is 5.27. The van der Waals surface area contributed by atoms with Gasteiger partial charge in [-0.25, -0.2) is 4.98 Å². The number of aromatic nitrogens is 1. The fourth-order valence-corrected chi connectivity index (χ4v) is 1.60. The van der Waals surface area contributed by atoms with E-state index in [0.29, 0.717) is 24.5 Å². The number of carbonyl (C=O) groups is 1. The summed E-state index contributed by atoms with van der Waals surface area (Å²) < 4.78 is 5.07. The van der Waals surface area contributed by atoms with Gasteiger partial charge in [0.1, 0.15) is 5.82 Å². The van der Waals surface area contributed by atoms with Crippen LogP contribution in [0.25, 0.3) is 0 Å². The smallest absolute Gasteiger partial charge is 0.251 e. The first-order valence-corrected chi connectivity index (χ1v) is 6.39. The van der Waals surface area contributed by atoms with Gasteiger partial charge in [0.25, 0.3) is 5.91 Å². The summed E-state index contributed by atoms with van der Waals surface area (Å²) >= 11 is 0. The first-order valence-electron chi connectivity index (χ1n) is 6.39. The molecular formula is C14H23N3O2. The molecule has 0 spiro atoms. The third-order valence-corrected chi connectivity index (χ3v) is 2.99. The molecule has 0 aliphatic heterocycles. The summed E-state index contributed by atoms with van der Waals surface area (Å²) in [5.74, 6) is 0.607. The zero-order valence-corrected chi connectivity index (χ0v) is 12.1. The summed E-state index contributed by atoms with van der Waals surface area (Å²) in [5.41, 5.74) is 0.631. The van der Waals surface area contributed by atoms with Gasteiger partial charge in [0.05, 0.1) is 0 Å². The van der Waals surface area contributed by atoms with Gasteiger partial charge in [-0.3, -0.25) is 4.79 Å². The Morgan fingerprint density at radius 2 is 2.21 bits per heavy atom. The van der Waals surface area contributed by atoms with Crippen LogP contribution >= 0.6 is 0 Å². The SMILES string of the molecule is CNc1cc(C(=O)NCC(C)(C)CCOC)ccn1. The maximum absolute atomic E-state index is 12.0. The van der Waals surface area contributed by atoms with E-state index >= 15 is 0 Å². The van der Waals surface area contributed by atoms with Crippen LogP contribution < -0.4 is 10.6 Å². The highest BCUT2D eigenvalue weighted by Gasteiger charge is 2.19. The molecule has 0 aliphatic carbocycles. The molecule has 5 heteroatoms. The summed E-state index contributed by atoms with van der Waals surface area (Å²) in [7, 11) is 3.46. The molecule has 0 aliphatic rings. The molecule has 1 aromatic rings. The summed E-state index contributed by atoms with van der Waals surface area (Å²) in [6, 6.07) is 3.44. The molecule has 0 atom stereocenters. The summed E-state index contributed by atoms with van der Waals surface area (Å²) in [6.45, 7) is 5.53. The minimum absolute atomic E-state index is 0.0184.